The van der Waals surface area contributed by atoms with E-state index >= 15 is 0 Å². The summed E-state index contributed by atoms with van der Waals surface area (Å²) >= 11 is 0. The second-order valence-electron chi connectivity index (χ2n) is 3.87. The van der Waals surface area contributed by atoms with Crippen molar-refractivity contribution in [3.8, 4) is 0 Å². The van der Waals surface area contributed by atoms with Gasteiger partial charge in [-0.2, -0.15) is 4.39 Å². The monoisotopic (exact) mass is 258 g/mol. The van der Waals surface area contributed by atoms with Gasteiger partial charge in [-0.25, -0.2) is 0 Å². The number of nitro groups is 1. The number of aliphatic hydroxyl groups excluding tert-OH is 2. The van der Waals surface area contributed by atoms with Crippen molar-refractivity contribution >= 4 is 5.69 Å². The first kappa shape index (κ1) is 14.5. The number of rotatable bonds is 6. The molecule has 1 rings (SSSR count). The Morgan fingerprint density at radius 3 is 2.72 bits per heavy atom. The number of benzene rings is 1. The molecule has 0 aromatic heterocycles. The van der Waals surface area contributed by atoms with Gasteiger partial charge in [0.05, 0.1) is 11.0 Å². The van der Waals surface area contributed by atoms with E-state index < -0.39 is 28.6 Å². The maximum atomic E-state index is 13.1. The Morgan fingerprint density at radius 2 is 2.17 bits per heavy atom. The van der Waals surface area contributed by atoms with Gasteiger partial charge in [-0.15, -0.1) is 0 Å². The summed E-state index contributed by atoms with van der Waals surface area (Å²) < 4.78 is 13.1. The van der Waals surface area contributed by atoms with Crippen LogP contribution >= 0.6 is 0 Å². The summed E-state index contributed by atoms with van der Waals surface area (Å²) in [6.07, 6.45) is -2.07. The standard InChI is InChI=1S/C11H15FN2O4/c1-13-5-4-10(15)11(16)7-2-3-8(12)9(6-7)14(17)18/h2-3,6,10-11,13,15-16H,4-5H2,1H3. The zero-order valence-corrected chi connectivity index (χ0v) is 9.84. The fourth-order valence-corrected chi connectivity index (χ4v) is 1.53. The van der Waals surface area contributed by atoms with Gasteiger partial charge >= 0.3 is 5.69 Å². The highest BCUT2D eigenvalue weighted by atomic mass is 19.1. The molecule has 0 fully saturated rings. The van der Waals surface area contributed by atoms with Crippen molar-refractivity contribution in [2.45, 2.75) is 18.6 Å². The van der Waals surface area contributed by atoms with E-state index in [0.29, 0.717) is 6.54 Å². The summed E-state index contributed by atoms with van der Waals surface area (Å²) in [6, 6.07) is 3.06. The van der Waals surface area contributed by atoms with E-state index in [4.69, 9.17) is 0 Å². The number of nitrogens with one attached hydrogen (secondary N) is 1. The number of nitrogens with zero attached hydrogens (tertiary/aromatic N) is 1. The summed E-state index contributed by atoms with van der Waals surface area (Å²) in [5.74, 6) is -0.972. The van der Waals surface area contributed by atoms with Gasteiger partial charge in [-0.3, -0.25) is 10.1 Å². The molecule has 2 atom stereocenters. The quantitative estimate of drug-likeness (QED) is 0.516. The number of halogens is 1. The minimum absolute atomic E-state index is 0.117. The molecule has 0 aliphatic carbocycles. The zero-order valence-electron chi connectivity index (χ0n) is 9.84. The van der Waals surface area contributed by atoms with Crippen molar-refractivity contribution in [3.63, 3.8) is 0 Å². The van der Waals surface area contributed by atoms with Gasteiger partial charge in [0.1, 0.15) is 6.10 Å². The molecule has 0 bridgehead atoms. The Hall–Kier alpha value is -1.57. The first-order valence-electron chi connectivity index (χ1n) is 5.42. The molecule has 0 saturated heterocycles. The second kappa shape index (κ2) is 6.39. The van der Waals surface area contributed by atoms with E-state index in [2.05, 4.69) is 5.32 Å². The third-order valence-corrected chi connectivity index (χ3v) is 2.56. The second-order valence-corrected chi connectivity index (χ2v) is 3.87. The Labute approximate surface area is 103 Å². The van der Waals surface area contributed by atoms with E-state index in [1.54, 1.807) is 7.05 Å². The summed E-state index contributed by atoms with van der Waals surface area (Å²) in [6.45, 7) is 0.488. The van der Waals surface area contributed by atoms with Gasteiger partial charge in [0.2, 0.25) is 5.82 Å². The predicted octanol–water partition coefficient (Wildman–Crippen LogP) is 0.738. The SMILES string of the molecule is CNCCC(O)C(O)c1ccc(F)c([N+](=O)[O-])c1. The zero-order chi connectivity index (χ0) is 13.7. The first-order chi connectivity index (χ1) is 8.47. The van der Waals surface area contributed by atoms with Crippen molar-refractivity contribution in [1.82, 2.24) is 5.32 Å². The lowest BCUT2D eigenvalue weighted by Crippen LogP contribution is -2.23. The molecule has 0 saturated carbocycles. The minimum Gasteiger partial charge on any atom is -0.390 e. The lowest BCUT2D eigenvalue weighted by molar-refractivity contribution is -0.387. The predicted molar refractivity (Wildman–Crippen MR) is 62.6 cm³/mol. The van der Waals surface area contributed by atoms with E-state index in [1.165, 1.54) is 6.07 Å². The third-order valence-electron chi connectivity index (χ3n) is 2.56. The molecular formula is C11H15FN2O4. The van der Waals surface area contributed by atoms with Crippen LogP contribution in [-0.4, -0.2) is 34.8 Å². The van der Waals surface area contributed by atoms with Gasteiger partial charge in [0.15, 0.2) is 0 Å². The maximum absolute atomic E-state index is 13.1. The van der Waals surface area contributed by atoms with E-state index in [9.17, 15) is 24.7 Å². The van der Waals surface area contributed by atoms with Gasteiger partial charge in [-0.1, -0.05) is 6.07 Å². The molecule has 0 amide bonds. The molecule has 0 spiro atoms. The summed E-state index contributed by atoms with van der Waals surface area (Å²) in [4.78, 5) is 9.68. The molecule has 1 aromatic carbocycles. The van der Waals surface area contributed by atoms with E-state index in [-0.39, 0.29) is 12.0 Å². The highest BCUT2D eigenvalue weighted by Crippen LogP contribution is 2.25. The molecule has 3 N–H and O–H groups in total. The number of hydrogen-bond acceptors (Lipinski definition) is 5. The summed E-state index contributed by atoms with van der Waals surface area (Å²) in [5.41, 5.74) is -0.598. The lowest BCUT2D eigenvalue weighted by atomic mass is 10.0. The largest absolute Gasteiger partial charge is 0.390 e. The number of aliphatic hydroxyl groups is 2. The Balaban J connectivity index is 2.89. The van der Waals surface area contributed by atoms with Gasteiger partial charge < -0.3 is 15.5 Å². The molecule has 0 aliphatic heterocycles. The van der Waals surface area contributed by atoms with Crippen LogP contribution in [0.5, 0.6) is 0 Å². The molecule has 1 aromatic rings. The lowest BCUT2D eigenvalue weighted by Gasteiger charge is -2.17. The fourth-order valence-electron chi connectivity index (χ4n) is 1.53. The van der Waals surface area contributed by atoms with Gasteiger partial charge in [0.25, 0.3) is 0 Å². The van der Waals surface area contributed by atoms with Crippen LogP contribution in [0, 0.1) is 15.9 Å². The highest BCUT2D eigenvalue weighted by Gasteiger charge is 2.22. The number of hydrogen-bond donors (Lipinski definition) is 3. The number of nitro benzene ring substituents is 1. The topological polar surface area (TPSA) is 95.6 Å². The Bertz CT molecular complexity index is 428. The minimum atomic E-state index is -1.28. The molecular weight excluding hydrogens is 243 g/mol. The van der Waals surface area contributed by atoms with Crippen LogP contribution in [0.15, 0.2) is 18.2 Å². The van der Waals surface area contributed by atoms with E-state index in [1.807, 2.05) is 0 Å². The normalized spacial score (nSPS) is 14.2. The average Bonchev–Trinajstić information content (AvgIpc) is 2.35. The average molecular weight is 258 g/mol. The highest BCUT2D eigenvalue weighted by molar-refractivity contribution is 5.37. The molecule has 18 heavy (non-hydrogen) atoms. The van der Waals surface area contributed by atoms with Crippen LogP contribution in [0.25, 0.3) is 0 Å². The Kier molecular flexibility index (Phi) is 5.14. The van der Waals surface area contributed by atoms with Crippen LogP contribution in [0.3, 0.4) is 0 Å². The van der Waals surface area contributed by atoms with Crippen LogP contribution in [0.4, 0.5) is 10.1 Å². The summed E-state index contributed by atoms with van der Waals surface area (Å²) in [5, 5.41) is 32.8. The van der Waals surface area contributed by atoms with Crippen LogP contribution in [0.1, 0.15) is 18.1 Å². The molecule has 0 heterocycles. The first-order valence-corrected chi connectivity index (χ1v) is 5.42. The molecule has 7 heteroatoms. The van der Waals surface area contributed by atoms with E-state index in [0.717, 1.165) is 12.1 Å². The van der Waals surface area contributed by atoms with Gasteiger partial charge in [0, 0.05) is 6.07 Å². The van der Waals surface area contributed by atoms with Crippen molar-refractivity contribution < 1.29 is 19.5 Å². The fraction of sp³-hybridized carbons (Fsp3) is 0.455. The Morgan fingerprint density at radius 1 is 1.50 bits per heavy atom. The molecule has 0 aliphatic rings. The molecule has 6 nitrogen and oxygen atoms in total. The molecule has 100 valence electrons. The third kappa shape index (κ3) is 3.46. The van der Waals surface area contributed by atoms with Crippen LogP contribution < -0.4 is 5.32 Å². The molecule has 2 unspecified atom stereocenters. The van der Waals surface area contributed by atoms with Crippen molar-refractivity contribution in [2.24, 2.45) is 0 Å². The van der Waals surface area contributed by atoms with Crippen molar-refractivity contribution in [2.75, 3.05) is 13.6 Å². The van der Waals surface area contributed by atoms with Gasteiger partial charge in [-0.05, 0) is 31.6 Å². The van der Waals surface area contributed by atoms with Crippen LogP contribution in [-0.2, 0) is 0 Å². The van der Waals surface area contributed by atoms with Crippen molar-refractivity contribution in [1.29, 1.82) is 0 Å². The van der Waals surface area contributed by atoms with Crippen molar-refractivity contribution in [3.05, 3.63) is 39.7 Å². The molecule has 0 radical (unpaired) electrons. The maximum Gasteiger partial charge on any atom is 0.305 e. The van der Waals surface area contributed by atoms with Crippen LogP contribution in [0.2, 0.25) is 0 Å². The smallest absolute Gasteiger partial charge is 0.305 e. The summed E-state index contributed by atoms with van der Waals surface area (Å²) in [7, 11) is 1.70.